The minimum absolute atomic E-state index is 0.0324. The zero-order valence-electron chi connectivity index (χ0n) is 6.67. The predicted molar refractivity (Wildman–Crippen MR) is 41.9 cm³/mol. The third-order valence-electron chi connectivity index (χ3n) is 1.81. The van der Waals surface area contributed by atoms with Crippen molar-refractivity contribution < 1.29 is 9.53 Å². The van der Waals surface area contributed by atoms with Crippen LogP contribution in [0.2, 0.25) is 0 Å². The van der Waals surface area contributed by atoms with Crippen molar-refractivity contribution in [2.75, 3.05) is 6.61 Å². The molecule has 2 N–H and O–H groups in total. The van der Waals surface area contributed by atoms with Crippen molar-refractivity contribution in [1.29, 1.82) is 0 Å². The predicted octanol–water partition coefficient (Wildman–Crippen LogP) is 0.597. The van der Waals surface area contributed by atoms with Crippen molar-refractivity contribution in [3.63, 3.8) is 0 Å². The van der Waals surface area contributed by atoms with Crippen LogP contribution in [0.1, 0.15) is 19.8 Å². The van der Waals surface area contributed by atoms with Gasteiger partial charge in [-0.3, -0.25) is 4.79 Å². The van der Waals surface area contributed by atoms with E-state index >= 15 is 0 Å². The highest BCUT2D eigenvalue weighted by Crippen LogP contribution is 2.13. The Morgan fingerprint density at radius 1 is 1.91 bits per heavy atom. The van der Waals surface area contributed by atoms with Gasteiger partial charge in [-0.05, 0) is 6.42 Å². The lowest BCUT2D eigenvalue weighted by Gasteiger charge is -2.05. The van der Waals surface area contributed by atoms with Crippen LogP contribution in [0.15, 0.2) is 11.8 Å². The first kappa shape index (κ1) is 8.27. The van der Waals surface area contributed by atoms with E-state index in [4.69, 9.17) is 10.5 Å². The molecule has 1 atom stereocenters. The van der Waals surface area contributed by atoms with Crippen LogP contribution in [0.5, 0.6) is 0 Å². The Balaban J connectivity index is 2.53. The van der Waals surface area contributed by atoms with Crippen LogP contribution in [0.4, 0.5) is 0 Å². The zero-order chi connectivity index (χ0) is 8.27. The van der Waals surface area contributed by atoms with Gasteiger partial charge in [0, 0.05) is 12.0 Å². The fourth-order valence-electron chi connectivity index (χ4n) is 0.992. The molecule has 0 aromatic rings. The van der Waals surface area contributed by atoms with Crippen LogP contribution in [0, 0.1) is 0 Å². The fraction of sp³-hybridized carbons (Fsp3) is 0.625. The maximum absolute atomic E-state index is 11.3. The smallest absolute Gasteiger partial charge is 0.178 e. The number of nitrogens with two attached hydrogens (primary N) is 1. The van der Waals surface area contributed by atoms with Crippen molar-refractivity contribution in [2.24, 2.45) is 5.73 Å². The summed E-state index contributed by atoms with van der Waals surface area (Å²) in [5, 5.41) is 0. The van der Waals surface area contributed by atoms with Crippen LogP contribution in [-0.2, 0) is 9.53 Å². The molecule has 0 unspecified atom stereocenters. The summed E-state index contributed by atoms with van der Waals surface area (Å²) in [5.74, 6) is 0.0324. The molecular formula is C8H13NO2. The third-order valence-corrected chi connectivity index (χ3v) is 1.81. The van der Waals surface area contributed by atoms with Gasteiger partial charge in [0.1, 0.15) is 0 Å². The van der Waals surface area contributed by atoms with E-state index in [0.717, 1.165) is 5.57 Å². The molecule has 0 aromatic heterocycles. The number of carbonyl (C=O) groups excluding carboxylic acids is 1. The Labute approximate surface area is 66.2 Å². The van der Waals surface area contributed by atoms with Crippen LogP contribution in [0.25, 0.3) is 0 Å². The molecule has 1 heterocycles. The van der Waals surface area contributed by atoms with Crippen molar-refractivity contribution in [3.8, 4) is 0 Å². The standard InChI is InChI=1S/C8H13NO2/c1-2-7(9)8(10)6-3-4-11-5-6/h5,7H,2-4,9H2,1H3/t7-/m0/s1. The highest BCUT2D eigenvalue weighted by atomic mass is 16.5. The molecule has 62 valence electrons. The monoisotopic (exact) mass is 155 g/mol. The molecule has 3 nitrogen and oxygen atoms in total. The minimum Gasteiger partial charge on any atom is -0.500 e. The normalized spacial score (nSPS) is 18.9. The molecule has 0 saturated heterocycles. The summed E-state index contributed by atoms with van der Waals surface area (Å²) in [6.45, 7) is 2.52. The first-order chi connectivity index (χ1) is 5.25. The first-order valence-corrected chi connectivity index (χ1v) is 3.86. The van der Waals surface area contributed by atoms with Crippen LogP contribution < -0.4 is 5.73 Å². The Kier molecular flexibility index (Phi) is 2.65. The van der Waals surface area contributed by atoms with Crippen molar-refractivity contribution >= 4 is 5.78 Å². The summed E-state index contributed by atoms with van der Waals surface area (Å²) in [6, 6.07) is -0.344. The summed E-state index contributed by atoms with van der Waals surface area (Å²) in [4.78, 5) is 11.3. The van der Waals surface area contributed by atoms with Gasteiger partial charge in [0.15, 0.2) is 5.78 Å². The van der Waals surface area contributed by atoms with Crippen molar-refractivity contribution in [3.05, 3.63) is 11.8 Å². The lowest BCUT2D eigenvalue weighted by molar-refractivity contribution is -0.116. The summed E-state index contributed by atoms with van der Waals surface area (Å²) in [6.07, 6.45) is 2.93. The van der Waals surface area contributed by atoms with Gasteiger partial charge in [0.2, 0.25) is 0 Å². The van der Waals surface area contributed by atoms with E-state index in [1.807, 2.05) is 6.92 Å². The van der Waals surface area contributed by atoms with E-state index in [-0.39, 0.29) is 11.8 Å². The Morgan fingerprint density at radius 2 is 2.64 bits per heavy atom. The zero-order valence-corrected chi connectivity index (χ0v) is 6.67. The largest absolute Gasteiger partial charge is 0.500 e. The molecule has 1 aliphatic heterocycles. The molecule has 0 aliphatic carbocycles. The molecule has 0 spiro atoms. The first-order valence-electron chi connectivity index (χ1n) is 3.86. The average Bonchev–Trinajstić information content (AvgIpc) is 2.53. The number of hydrogen-bond acceptors (Lipinski definition) is 3. The van der Waals surface area contributed by atoms with Gasteiger partial charge in [-0.1, -0.05) is 6.92 Å². The maximum Gasteiger partial charge on any atom is 0.178 e. The van der Waals surface area contributed by atoms with E-state index < -0.39 is 0 Å². The van der Waals surface area contributed by atoms with Crippen molar-refractivity contribution in [1.82, 2.24) is 0 Å². The molecule has 0 saturated carbocycles. The van der Waals surface area contributed by atoms with Crippen molar-refractivity contribution in [2.45, 2.75) is 25.8 Å². The lowest BCUT2D eigenvalue weighted by Crippen LogP contribution is -2.30. The molecule has 0 amide bonds. The highest BCUT2D eigenvalue weighted by Gasteiger charge is 2.19. The number of Topliss-reactive ketones (excluding diaryl/α,β-unsaturated/α-hetero) is 1. The molecule has 1 aliphatic rings. The molecule has 0 radical (unpaired) electrons. The summed E-state index contributed by atoms with van der Waals surface area (Å²) in [5.41, 5.74) is 6.29. The van der Waals surface area contributed by atoms with E-state index in [9.17, 15) is 4.79 Å². The molecular weight excluding hydrogens is 142 g/mol. The summed E-state index contributed by atoms with van der Waals surface area (Å²) in [7, 11) is 0. The fourth-order valence-corrected chi connectivity index (χ4v) is 0.992. The quantitative estimate of drug-likeness (QED) is 0.649. The second kappa shape index (κ2) is 3.53. The summed E-state index contributed by atoms with van der Waals surface area (Å²) < 4.78 is 4.93. The molecule has 11 heavy (non-hydrogen) atoms. The Bertz CT molecular complexity index is 187. The molecule has 0 bridgehead atoms. The minimum atomic E-state index is -0.344. The third kappa shape index (κ3) is 1.80. The molecule has 3 heteroatoms. The van der Waals surface area contributed by atoms with Gasteiger partial charge in [-0.25, -0.2) is 0 Å². The van der Waals surface area contributed by atoms with Crippen LogP contribution in [-0.4, -0.2) is 18.4 Å². The van der Waals surface area contributed by atoms with Gasteiger partial charge >= 0.3 is 0 Å². The number of ketones is 1. The molecule has 0 fully saturated rings. The highest BCUT2D eigenvalue weighted by molar-refractivity contribution is 5.99. The van der Waals surface area contributed by atoms with Gasteiger partial charge < -0.3 is 10.5 Å². The molecule has 0 aromatic carbocycles. The Morgan fingerprint density at radius 3 is 3.09 bits per heavy atom. The van der Waals surface area contributed by atoms with E-state index in [2.05, 4.69) is 0 Å². The number of hydrogen-bond donors (Lipinski definition) is 1. The van der Waals surface area contributed by atoms with Gasteiger partial charge in [0.05, 0.1) is 18.9 Å². The van der Waals surface area contributed by atoms with Gasteiger partial charge in [-0.2, -0.15) is 0 Å². The lowest BCUT2D eigenvalue weighted by atomic mass is 10.0. The van der Waals surface area contributed by atoms with Gasteiger partial charge in [0.25, 0.3) is 0 Å². The SMILES string of the molecule is CC[C@H](N)C(=O)C1=COCC1. The number of carbonyl (C=O) groups is 1. The van der Waals surface area contributed by atoms with E-state index in [1.165, 1.54) is 6.26 Å². The Hall–Kier alpha value is -0.830. The average molecular weight is 155 g/mol. The van der Waals surface area contributed by atoms with Crippen LogP contribution in [0.3, 0.4) is 0 Å². The second-order valence-electron chi connectivity index (χ2n) is 2.64. The van der Waals surface area contributed by atoms with Crippen LogP contribution >= 0.6 is 0 Å². The van der Waals surface area contributed by atoms with E-state index in [0.29, 0.717) is 19.4 Å². The van der Waals surface area contributed by atoms with Gasteiger partial charge in [-0.15, -0.1) is 0 Å². The second-order valence-corrected chi connectivity index (χ2v) is 2.64. The number of rotatable bonds is 3. The van der Waals surface area contributed by atoms with E-state index in [1.54, 1.807) is 0 Å². The maximum atomic E-state index is 11.3. The molecule has 1 rings (SSSR count). The number of ether oxygens (including phenoxy) is 1. The topological polar surface area (TPSA) is 52.3 Å². The summed E-state index contributed by atoms with van der Waals surface area (Å²) >= 11 is 0.